The molecule has 0 bridgehead atoms. The molecule has 0 atom stereocenters. The number of methoxy groups -OCH3 is 1. The van der Waals surface area contributed by atoms with Crippen molar-refractivity contribution in [3.63, 3.8) is 0 Å². The predicted molar refractivity (Wildman–Crippen MR) is 221 cm³/mol. The molecule has 7 aromatic carbocycles. The fourth-order valence-corrected chi connectivity index (χ4v) is 8.67. The van der Waals surface area contributed by atoms with E-state index < -0.39 is 0 Å². The summed E-state index contributed by atoms with van der Waals surface area (Å²) in [7, 11) is 1.71. The lowest BCUT2D eigenvalue weighted by molar-refractivity contribution is 0.415. The van der Waals surface area contributed by atoms with E-state index in [1.807, 2.05) is 12.1 Å². The molecule has 1 aliphatic rings. The van der Waals surface area contributed by atoms with Crippen LogP contribution in [0, 0.1) is 0 Å². The highest BCUT2D eigenvalue weighted by atomic mass is 32.1. The third kappa shape index (κ3) is 5.44. The van der Waals surface area contributed by atoms with Gasteiger partial charge in [0.25, 0.3) is 0 Å². The topological polar surface area (TPSA) is 15.7 Å². The van der Waals surface area contributed by atoms with E-state index in [0.717, 1.165) is 34.2 Å². The SMILES string of the molecule is COc1ccc(N(c2ccc(-c3ccccc3)cc2)c2ccc3c(c2)C(C)(C)c2cc(N(c4ccccc4)c4csc5ccccc45)ccc2-3)cc1. The molecule has 9 rings (SSSR count). The predicted octanol–water partition coefficient (Wildman–Crippen LogP) is 13.8. The number of ether oxygens (including phenoxy) is 1. The Hall–Kier alpha value is -6.10. The van der Waals surface area contributed by atoms with Crippen molar-refractivity contribution in [2.24, 2.45) is 0 Å². The second-order valence-electron chi connectivity index (χ2n) is 13.8. The maximum absolute atomic E-state index is 5.53. The second kappa shape index (κ2) is 12.9. The number of thiophene rings is 1. The minimum Gasteiger partial charge on any atom is -0.497 e. The number of hydrogen-bond acceptors (Lipinski definition) is 4. The van der Waals surface area contributed by atoms with Gasteiger partial charge >= 0.3 is 0 Å². The van der Waals surface area contributed by atoms with E-state index in [0.29, 0.717) is 0 Å². The van der Waals surface area contributed by atoms with E-state index in [4.69, 9.17) is 4.74 Å². The first kappa shape index (κ1) is 31.9. The molecule has 4 heteroatoms. The minimum atomic E-state index is -0.224. The quantitative estimate of drug-likeness (QED) is 0.158. The van der Waals surface area contributed by atoms with Gasteiger partial charge in [0, 0.05) is 49.3 Å². The highest BCUT2D eigenvalue weighted by Crippen LogP contribution is 2.53. The zero-order chi connectivity index (χ0) is 35.2. The molecule has 0 amide bonds. The Kier molecular flexibility index (Phi) is 7.90. The molecule has 0 spiro atoms. The maximum atomic E-state index is 5.53. The van der Waals surface area contributed by atoms with Crippen LogP contribution in [-0.2, 0) is 5.41 Å². The standard InChI is InChI=1S/C48H38N2OS/c1-48(2)44-30-38(49(37-22-26-40(51-3)27-23-37)36-20-18-34(19-21-36)33-12-6-4-7-13-33)24-28-41(44)42-29-25-39(31-45(42)48)50(35-14-8-5-9-15-35)46-32-52-47-17-11-10-16-43(46)47/h4-32H,1-3H3. The smallest absolute Gasteiger partial charge is 0.119 e. The molecule has 252 valence electrons. The van der Waals surface area contributed by atoms with E-state index in [9.17, 15) is 0 Å². The van der Waals surface area contributed by atoms with Crippen molar-refractivity contribution < 1.29 is 4.74 Å². The molecule has 0 unspecified atom stereocenters. The van der Waals surface area contributed by atoms with Crippen molar-refractivity contribution in [2.45, 2.75) is 19.3 Å². The van der Waals surface area contributed by atoms with Crippen molar-refractivity contribution in [3.05, 3.63) is 186 Å². The molecular formula is C48H38N2OS. The van der Waals surface area contributed by atoms with Crippen LogP contribution in [0.2, 0.25) is 0 Å². The molecule has 0 saturated carbocycles. The molecule has 0 saturated heterocycles. The first-order valence-electron chi connectivity index (χ1n) is 17.7. The van der Waals surface area contributed by atoms with Gasteiger partial charge in [-0.2, -0.15) is 0 Å². The van der Waals surface area contributed by atoms with Crippen LogP contribution in [0.15, 0.2) is 175 Å². The lowest BCUT2D eigenvalue weighted by atomic mass is 9.82. The van der Waals surface area contributed by atoms with Gasteiger partial charge in [0.1, 0.15) is 5.75 Å². The number of para-hydroxylation sites is 1. The summed E-state index contributed by atoms with van der Waals surface area (Å²) in [6.45, 7) is 4.73. The van der Waals surface area contributed by atoms with Gasteiger partial charge in [-0.25, -0.2) is 0 Å². The minimum absolute atomic E-state index is 0.224. The maximum Gasteiger partial charge on any atom is 0.119 e. The molecule has 52 heavy (non-hydrogen) atoms. The molecular weight excluding hydrogens is 653 g/mol. The Morgan fingerprint density at radius 2 is 0.981 bits per heavy atom. The third-order valence-corrected chi connectivity index (χ3v) is 11.4. The van der Waals surface area contributed by atoms with Crippen LogP contribution in [0.25, 0.3) is 32.3 Å². The van der Waals surface area contributed by atoms with Gasteiger partial charge in [0.05, 0.1) is 12.8 Å². The number of nitrogens with zero attached hydrogens (tertiary/aromatic N) is 2. The highest BCUT2D eigenvalue weighted by Gasteiger charge is 2.37. The van der Waals surface area contributed by atoms with Crippen LogP contribution in [0.3, 0.4) is 0 Å². The summed E-state index contributed by atoms with van der Waals surface area (Å²) in [5.74, 6) is 0.837. The van der Waals surface area contributed by atoms with Gasteiger partial charge in [-0.1, -0.05) is 105 Å². The zero-order valence-electron chi connectivity index (χ0n) is 29.5. The zero-order valence-corrected chi connectivity index (χ0v) is 30.3. The first-order valence-corrected chi connectivity index (χ1v) is 18.6. The van der Waals surface area contributed by atoms with E-state index >= 15 is 0 Å². The molecule has 1 heterocycles. The monoisotopic (exact) mass is 690 g/mol. The van der Waals surface area contributed by atoms with Crippen molar-refractivity contribution in [2.75, 3.05) is 16.9 Å². The van der Waals surface area contributed by atoms with Crippen LogP contribution in [0.1, 0.15) is 25.0 Å². The molecule has 1 aliphatic carbocycles. The van der Waals surface area contributed by atoms with E-state index in [2.05, 4.69) is 187 Å². The number of fused-ring (bicyclic) bond motifs is 4. The highest BCUT2D eigenvalue weighted by molar-refractivity contribution is 7.17. The fourth-order valence-electron chi connectivity index (χ4n) is 7.74. The first-order chi connectivity index (χ1) is 25.5. The lowest BCUT2D eigenvalue weighted by Gasteiger charge is -2.29. The lowest BCUT2D eigenvalue weighted by Crippen LogP contribution is -2.17. The largest absolute Gasteiger partial charge is 0.497 e. The molecule has 3 nitrogen and oxygen atoms in total. The third-order valence-electron chi connectivity index (χ3n) is 10.4. The van der Waals surface area contributed by atoms with E-state index in [1.54, 1.807) is 18.4 Å². The molecule has 0 N–H and O–H groups in total. The molecule has 8 aromatic rings. The van der Waals surface area contributed by atoms with Gasteiger partial charge < -0.3 is 14.5 Å². The van der Waals surface area contributed by atoms with E-state index in [1.165, 1.54) is 49.2 Å². The van der Waals surface area contributed by atoms with Crippen LogP contribution in [-0.4, -0.2) is 7.11 Å². The summed E-state index contributed by atoms with van der Waals surface area (Å²) >= 11 is 1.80. The Morgan fingerprint density at radius 3 is 1.62 bits per heavy atom. The number of benzene rings is 7. The van der Waals surface area contributed by atoms with Crippen molar-refractivity contribution in [3.8, 4) is 28.0 Å². The van der Waals surface area contributed by atoms with Gasteiger partial charge in [0.2, 0.25) is 0 Å². The molecule has 0 aliphatic heterocycles. The Bertz CT molecular complexity index is 2520. The van der Waals surface area contributed by atoms with Crippen molar-refractivity contribution in [1.82, 2.24) is 0 Å². The number of hydrogen-bond donors (Lipinski definition) is 0. The molecule has 0 fully saturated rings. The normalized spacial score (nSPS) is 12.7. The van der Waals surface area contributed by atoms with Gasteiger partial charge in [-0.3, -0.25) is 0 Å². The summed E-state index contributed by atoms with van der Waals surface area (Å²) in [5.41, 5.74) is 14.2. The van der Waals surface area contributed by atoms with E-state index in [-0.39, 0.29) is 5.41 Å². The van der Waals surface area contributed by atoms with Gasteiger partial charge in [-0.15, -0.1) is 11.3 Å². The average molecular weight is 691 g/mol. The van der Waals surface area contributed by atoms with Crippen LogP contribution >= 0.6 is 11.3 Å². The van der Waals surface area contributed by atoms with Crippen LogP contribution < -0.4 is 14.5 Å². The van der Waals surface area contributed by atoms with Gasteiger partial charge in [0.15, 0.2) is 0 Å². The fraction of sp³-hybridized carbons (Fsp3) is 0.0833. The Labute approximate surface area is 309 Å². The number of rotatable bonds is 8. The van der Waals surface area contributed by atoms with Crippen molar-refractivity contribution in [1.29, 1.82) is 0 Å². The van der Waals surface area contributed by atoms with Gasteiger partial charge in [-0.05, 0) is 112 Å². The molecule has 1 aromatic heterocycles. The second-order valence-corrected chi connectivity index (χ2v) is 14.7. The summed E-state index contributed by atoms with van der Waals surface area (Å²) in [6.07, 6.45) is 0. The summed E-state index contributed by atoms with van der Waals surface area (Å²) in [6, 6.07) is 61.2. The Balaban J connectivity index is 1.14. The molecule has 0 radical (unpaired) electrons. The summed E-state index contributed by atoms with van der Waals surface area (Å²) < 4.78 is 6.81. The van der Waals surface area contributed by atoms with Crippen LogP contribution in [0.5, 0.6) is 5.75 Å². The summed E-state index contributed by atoms with van der Waals surface area (Å²) in [4.78, 5) is 4.76. The number of anilines is 6. The Morgan fingerprint density at radius 1 is 0.481 bits per heavy atom. The van der Waals surface area contributed by atoms with Crippen molar-refractivity contribution >= 4 is 55.5 Å². The van der Waals surface area contributed by atoms with Crippen LogP contribution in [0.4, 0.5) is 34.1 Å². The average Bonchev–Trinajstić information content (AvgIpc) is 3.72. The summed E-state index contributed by atoms with van der Waals surface area (Å²) in [5, 5.41) is 3.55.